The zero-order valence-corrected chi connectivity index (χ0v) is 9.72. The third-order valence-corrected chi connectivity index (χ3v) is 3.32. The molecule has 1 heterocycles. The molecule has 1 aliphatic heterocycles. The average Bonchev–Trinajstić information content (AvgIpc) is 2.33. The number of para-hydroxylation sites is 1. The normalized spacial score (nSPS) is 24.8. The second-order valence-electron chi connectivity index (χ2n) is 4.53. The molecule has 1 saturated heterocycles. The van der Waals surface area contributed by atoms with Crippen LogP contribution in [0.25, 0.3) is 0 Å². The lowest BCUT2D eigenvalue weighted by molar-refractivity contribution is -0.155. The molecule has 1 aliphatic rings. The minimum atomic E-state index is -1.28. The zero-order valence-electron chi connectivity index (χ0n) is 9.72. The van der Waals surface area contributed by atoms with Crippen LogP contribution in [0.5, 0.6) is 0 Å². The van der Waals surface area contributed by atoms with Crippen molar-refractivity contribution in [3.05, 3.63) is 30.3 Å². The molecule has 0 saturated carbocycles. The standard InChI is InChI=1S/C13H15NO3/c1-13(12(16)17)8-5-9-14(11(13)15)10-6-3-2-4-7-10/h2-4,6-7H,5,8-9H2,1H3,(H,16,17). The van der Waals surface area contributed by atoms with E-state index in [2.05, 4.69) is 0 Å². The topological polar surface area (TPSA) is 57.6 Å². The Labute approximate surface area is 99.9 Å². The van der Waals surface area contributed by atoms with Crippen LogP contribution in [-0.4, -0.2) is 23.5 Å². The molecule has 1 amide bonds. The van der Waals surface area contributed by atoms with Crippen LogP contribution in [0.3, 0.4) is 0 Å². The van der Waals surface area contributed by atoms with Crippen LogP contribution in [0, 0.1) is 5.41 Å². The van der Waals surface area contributed by atoms with Crippen LogP contribution >= 0.6 is 0 Å². The predicted molar refractivity (Wildman–Crippen MR) is 63.8 cm³/mol. The van der Waals surface area contributed by atoms with Crippen molar-refractivity contribution in [3.63, 3.8) is 0 Å². The van der Waals surface area contributed by atoms with Crippen molar-refractivity contribution in [1.82, 2.24) is 0 Å². The summed E-state index contributed by atoms with van der Waals surface area (Å²) >= 11 is 0. The van der Waals surface area contributed by atoms with Gasteiger partial charge in [0.15, 0.2) is 0 Å². The summed E-state index contributed by atoms with van der Waals surface area (Å²) in [6.45, 7) is 2.10. The van der Waals surface area contributed by atoms with E-state index in [4.69, 9.17) is 0 Å². The number of carboxylic acids is 1. The highest BCUT2D eigenvalue weighted by atomic mass is 16.4. The van der Waals surface area contributed by atoms with Gasteiger partial charge in [-0.1, -0.05) is 18.2 Å². The molecule has 4 heteroatoms. The third kappa shape index (κ3) is 1.90. The number of carbonyl (C=O) groups is 2. The molecule has 0 spiro atoms. The molecular formula is C13H15NO3. The van der Waals surface area contributed by atoms with Gasteiger partial charge in [-0.3, -0.25) is 9.59 Å². The van der Waals surface area contributed by atoms with Gasteiger partial charge in [0.05, 0.1) is 0 Å². The molecular weight excluding hydrogens is 218 g/mol. The molecule has 0 aliphatic carbocycles. The molecule has 0 radical (unpaired) electrons. The van der Waals surface area contributed by atoms with Crippen molar-refractivity contribution in [3.8, 4) is 0 Å². The Morgan fingerprint density at radius 3 is 2.59 bits per heavy atom. The van der Waals surface area contributed by atoms with Crippen LogP contribution < -0.4 is 4.90 Å². The number of hydrogen-bond acceptors (Lipinski definition) is 2. The Bertz CT molecular complexity index is 443. The number of benzene rings is 1. The Morgan fingerprint density at radius 1 is 1.35 bits per heavy atom. The van der Waals surface area contributed by atoms with E-state index in [1.54, 1.807) is 4.90 Å². The van der Waals surface area contributed by atoms with Crippen molar-refractivity contribution in [1.29, 1.82) is 0 Å². The summed E-state index contributed by atoms with van der Waals surface area (Å²) in [6, 6.07) is 9.20. The van der Waals surface area contributed by atoms with Gasteiger partial charge in [-0.25, -0.2) is 0 Å². The molecule has 1 aromatic rings. The van der Waals surface area contributed by atoms with E-state index in [0.717, 1.165) is 5.69 Å². The van der Waals surface area contributed by atoms with E-state index in [-0.39, 0.29) is 5.91 Å². The number of aliphatic carboxylic acids is 1. The number of hydrogen-bond donors (Lipinski definition) is 1. The molecule has 90 valence electrons. The van der Waals surface area contributed by atoms with Crippen molar-refractivity contribution >= 4 is 17.6 Å². The van der Waals surface area contributed by atoms with Gasteiger partial charge in [0.25, 0.3) is 0 Å². The number of rotatable bonds is 2. The van der Waals surface area contributed by atoms with Crippen LogP contribution in [0.15, 0.2) is 30.3 Å². The average molecular weight is 233 g/mol. The lowest BCUT2D eigenvalue weighted by Crippen LogP contribution is -2.51. The molecule has 1 atom stereocenters. The summed E-state index contributed by atoms with van der Waals surface area (Å²) in [5, 5.41) is 9.19. The lowest BCUT2D eigenvalue weighted by atomic mass is 9.81. The summed E-state index contributed by atoms with van der Waals surface area (Å²) in [6.07, 6.45) is 1.12. The number of piperidine rings is 1. The Morgan fingerprint density at radius 2 is 2.00 bits per heavy atom. The number of carbonyl (C=O) groups excluding carboxylic acids is 1. The molecule has 1 unspecified atom stereocenters. The minimum Gasteiger partial charge on any atom is -0.480 e. The summed E-state index contributed by atoms with van der Waals surface area (Å²) in [7, 11) is 0. The van der Waals surface area contributed by atoms with E-state index < -0.39 is 11.4 Å². The summed E-state index contributed by atoms with van der Waals surface area (Å²) in [5.41, 5.74) is -0.515. The second kappa shape index (κ2) is 4.20. The summed E-state index contributed by atoms with van der Waals surface area (Å²) in [5.74, 6) is -1.36. The summed E-state index contributed by atoms with van der Waals surface area (Å²) in [4.78, 5) is 25.0. The van der Waals surface area contributed by atoms with E-state index in [1.165, 1.54) is 6.92 Å². The van der Waals surface area contributed by atoms with Gasteiger partial charge in [0.1, 0.15) is 5.41 Å². The quantitative estimate of drug-likeness (QED) is 0.794. The van der Waals surface area contributed by atoms with Gasteiger partial charge < -0.3 is 10.0 Å². The van der Waals surface area contributed by atoms with Crippen LogP contribution in [0.1, 0.15) is 19.8 Å². The largest absolute Gasteiger partial charge is 0.480 e. The molecule has 0 bridgehead atoms. The molecule has 4 nitrogen and oxygen atoms in total. The van der Waals surface area contributed by atoms with Gasteiger partial charge in [0, 0.05) is 12.2 Å². The SMILES string of the molecule is CC1(C(=O)O)CCCN(c2ccccc2)C1=O. The first-order valence-electron chi connectivity index (χ1n) is 5.66. The third-order valence-electron chi connectivity index (χ3n) is 3.32. The molecule has 1 aromatic carbocycles. The fourth-order valence-corrected chi connectivity index (χ4v) is 2.15. The smallest absolute Gasteiger partial charge is 0.318 e. The van der Waals surface area contributed by atoms with Gasteiger partial charge in [-0.05, 0) is 31.9 Å². The number of amides is 1. The number of nitrogens with zero attached hydrogens (tertiary/aromatic N) is 1. The fourth-order valence-electron chi connectivity index (χ4n) is 2.15. The van der Waals surface area contributed by atoms with Gasteiger partial charge in [-0.2, -0.15) is 0 Å². The first-order valence-corrected chi connectivity index (χ1v) is 5.66. The maximum atomic E-state index is 12.2. The van der Waals surface area contributed by atoms with Gasteiger partial charge in [-0.15, -0.1) is 0 Å². The van der Waals surface area contributed by atoms with Crippen LogP contribution in [0.2, 0.25) is 0 Å². The first kappa shape index (κ1) is 11.6. The lowest BCUT2D eigenvalue weighted by Gasteiger charge is -2.36. The minimum absolute atomic E-state index is 0.317. The van der Waals surface area contributed by atoms with E-state index in [9.17, 15) is 14.7 Å². The highest BCUT2D eigenvalue weighted by molar-refractivity contribution is 6.09. The Hall–Kier alpha value is -1.84. The first-order chi connectivity index (χ1) is 8.05. The molecule has 17 heavy (non-hydrogen) atoms. The van der Waals surface area contributed by atoms with Crippen molar-refractivity contribution in [2.45, 2.75) is 19.8 Å². The second-order valence-corrected chi connectivity index (χ2v) is 4.53. The zero-order chi connectivity index (χ0) is 12.5. The maximum absolute atomic E-state index is 12.2. The monoisotopic (exact) mass is 233 g/mol. The molecule has 1 fully saturated rings. The van der Waals surface area contributed by atoms with E-state index in [0.29, 0.717) is 19.4 Å². The summed E-state index contributed by atoms with van der Waals surface area (Å²) < 4.78 is 0. The van der Waals surface area contributed by atoms with Crippen LogP contribution in [0.4, 0.5) is 5.69 Å². The number of carboxylic acid groups (broad SMARTS) is 1. The number of anilines is 1. The molecule has 0 aromatic heterocycles. The molecule has 2 rings (SSSR count). The van der Waals surface area contributed by atoms with E-state index >= 15 is 0 Å². The maximum Gasteiger partial charge on any atom is 0.318 e. The van der Waals surface area contributed by atoms with Crippen molar-refractivity contribution in [2.75, 3.05) is 11.4 Å². The Kier molecular flexibility index (Phi) is 2.88. The molecule has 1 N–H and O–H groups in total. The highest BCUT2D eigenvalue weighted by Gasteiger charge is 2.46. The van der Waals surface area contributed by atoms with Crippen LogP contribution in [-0.2, 0) is 9.59 Å². The predicted octanol–water partition coefficient (Wildman–Crippen LogP) is 1.90. The van der Waals surface area contributed by atoms with E-state index in [1.807, 2.05) is 30.3 Å². The van der Waals surface area contributed by atoms with Crippen molar-refractivity contribution < 1.29 is 14.7 Å². The van der Waals surface area contributed by atoms with Crippen molar-refractivity contribution in [2.24, 2.45) is 5.41 Å². The fraction of sp³-hybridized carbons (Fsp3) is 0.385. The van der Waals surface area contributed by atoms with Gasteiger partial charge in [0.2, 0.25) is 5.91 Å². The Balaban J connectivity index is 2.32. The highest BCUT2D eigenvalue weighted by Crippen LogP contribution is 2.33. The van der Waals surface area contributed by atoms with Gasteiger partial charge >= 0.3 is 5.97 Å².